The predicted octanol–water partition coefficient (Wildman–Crippen LogP) is 8.42. The molecule has 1 heterocycles. The average Bonchev–Trinajstić information content (AvgIpc) is 2.77. The molecule has 0 aliphatic heterocycles. The number of hydrogen-bond donors (Lipinski definition) is 0. The van der Waals surface area contributed by atoms with E-state index in [0.29, 0.717) is 17.3 Å². The number of halogens is 1. The Balaban J connectivity index is 1.67. The molecule has 1 atom stereocenters. The SMILES string of the molecule is CCCSP(=O)(Oc1ccc(CC)cc1)Oc1cc(Br)c2nc3ccccc3cc2c1. The molecule has 3 aromatic carbocycles. The standard InChI is InChI=1S/C24H23BrNO3PS/c1-3-13-31-30(27,28-20-11-9-17(4-2)10-12-20)29-21-15-19-14-18-7-5-6-8-23(18)26-24(19)22(25)16-21/h5-12,14-16H,3-4,13H2,1-2H3. The molecule has 0 bridgehead atoms. The molecule has 0 radical (unpaired) electrons. The summed E-state index contributed by atoms with van der Waals surface area (Å²) in [6, 6.07) is 21.3. The van der Waals surface area contributed by atoms with Gasteiger partial charge in [0.05, 0.1) is 11.0 Å². The fraction of sp³-hybridized carbons (Fsp3) is 0.208. The number of rotatable bonds is 8. The number of hydrogen-bond acceptors (Lipinski definition) is 5. The first kappa shape index (κ1) is 22.2. The summed E-state index contributed by atoms with van der Waals surface area (Å²) >= 11 is 4.81. The van der Waals surface area contributed by atoms with Gasteiger partial charge in [-0.1, -0.05) is 44.2 Å². The molecule has 160 valence electrons. The lowest BCUT2D eigenvalue weighted by Crippen LogP contribution is -1.99. The average molecular weight is 516 g/mol. The number of pyridine rings is 1. The molecule has 0 N–H and O–H groups in total. The number of para-hydroxylation sites is 1. The third-order valence-electron chi connectivity index (χ3n) is 4.77. The largest absolute Gasteiger partial charge is 0.492 e. The first-order chi connectivity index (χ1) is 15.0. The van der Waals surface area contributed by atoms with E-state index in [1.54, 1.807) is 6.07 Å². The van der Waals surface area contributed by atoms with Crippen molar-refractivity contribution in [3.63, 3.8) is 0 Å². The van der Waals surface area contributed by atoms with Gasteiger partial charge in [-0.05, 0) is 82.1 Å². The van der Waals surface area contributed by atoms with Crippen LogP contribution in [0.5, 0.6) is 11.5 Å². The number of aromatic nitrogens is 1. The van der Waals surface area contributed by atoms with Crippen LogP contribution in [0.4, 0.5) is 0 Å². The zero-order chi connectivity index (χ0) is 21.8. The van der Waals surface area contributed by atoms with Crippen molar-refractivity contribution in [2.45, 2.75) is 26.7 Å². The van der Waals surface area contributed by atoms with Gasteiger partial charge in [0.1, 0.15) is 11.5 Å². The third kappa shape index (κ3) is 5.25. The van der Waals surface area contributed by atoms with Gasteiger partial charge in [0.15, 0.2) is 0 Å². The van der Waals surface area contributed by atoms with E-state index in [0.717, 1.165) is 39.1 Å². The lowest BCUT2D eigenvalue weighted by molar-refractivity contribution is 0.408. The number of benzene rings is 3. The van der Waals surface area contributed by atoms with Gasteiger partial charge in [-0.3, -0.25) is 0 Å². The molecular weight excluding hydrogens is 493 g/mol. The van der Waals surface area contributed by atoms with Crippen LogP contribution in [-0.2, 0) is 11.0 Å². The number of fused-ring (bicyclic) bond motifs is 2. The number of aryl methyl sites for hydroxylation is 1. The zero-order valence-corrected chi connectivity index (χ0v) is 20.7. The maximum atomic E-state index is 13.6. The van der Waals surface area contributed by atoms with Crippen LogP contribution >= 0.6 is 34.1 Å². The molecule has 7 heteroatoms. The molecule has 0 saturated carbocycles. The van der Waals surface area contributed by atoms with Gasteiger partial charge in [0.2, 0.25) is 0 Å². The van der Waals surface area contributed by atoms with Crippen LogP contribution in [0.2, 0.25) is 0 Å². The van der Waals surface area contributed by atoms with Gasteiger partial charge in [-0.2, -0.15) is 0 Å². The minimum Gasteiger partial charge on any atom is -0.408 e. The summed E-state index contributed by atoms with van der Waals surface area (Å²) < 4.78 is 26.3. The molecule has 0 spiro atoms. The summed E-state index contributed by atoms with van der Waals surface area (Å²) in [5.41, 5.74) is 2.95. The highest BCUT2D eigenvalue weighted by atomic mass is 79.9. The van der Waals surface area contributed by atoms with Gasteiger partial charge in [0, 0.05) is 21.0 Å². The highest BCUT2D eigenvalue weighted by molar-refractivity contribution is 9.10. The minimum absolute atomic E-state index is 0.480. The highest BCUT2D eigenvalue weighted by Crippen LogP contribution is 2.60. The third-order valence-corrected chi connectivity index (χ3v) is 9.09. The van der Waals surface area contributed by atoms with Crippen LogP contribution in [0.25, 0.3) is 21.8 Å². The van der Waals surface area contributed by atoms with Crippen molar-refractivity contribution in [1.29, 1.82) is 0 Å². The lowest BCUT2D eigenvalue weighted by Gasteiger charge is -2.19. The normalized spacial score (nSPS) is 13.3. The fourth-order valence-corrected chi connectivity index (χ4v) is 7.08. The smallest absolute Gasteiger partial charge is 0.408 e. The molecule has 0 fully saturated rings. The Morgan fingerprint density at radius 2 is 1.68 bits per heavy atom. The van der Waals surface area contributed by atoms with Crippen LogP contribution in [0.3, 0.4) is 0 Å². The van der Waals surface area contributed by atoms with Gasteiger partial charge < -0.3 is 9.05 Å². The molecule has 0 aliphatic rings. The summed E-state index contributed by atoms with van der Waals surface area (Å²) in [5.74, 6) is 1.69. The fourth-order valence-electron chi connectivity index (χ4n) is 3.19. The van der Waals surface area contributed by atoms with E-state index in [2.05, 4.69) is 28.9 Å². The Hall–Kier alpha value is -2.01. The zero-order valence-electron chi connectivity index (χ0n) is 17.4. The second-order valence-electron chi connectivity index (χ2n) is 7.12. The lowest BCUT2D eigenvalue weighted by atomic mass is 10.1. The van der Waals surface area contributed by atoms with Crippen molar-refractivity contribution in [1.82, 2.24) is 4.98 Å². The molecule has 1 aromatic heterocycles. The molecule has 31 heavy (non-hydrogen) atoms. The van der Waals surface area contributed by atoms with Crippen LogP contribution in [-0.4, -0.2) is 10.7 Å². The topological polar surface area (TPSA) is 48.4 Å². The Morgan fingerprint density at radius 1 is 0.935 bits per heavy atom. The molecule has 4 aromatic rings. The van der Waals surface area contributed by atoms with Crippen molar-refractivity contribution >= 4 is 55.9 Å². The van der Waals surface area contributed by atoms with Crippen molar-refractivity contribution in [3.8, 4) is 11.5 Å². The van der Waals surface area contributed by atoms with E-state index < -0.39 is 6.80 Å². The van der Waals surface area contributed by atoms with Gasteiger partial charge in [-0.25, -0.2) is 9.55 Å². The summed E-state index contributed by atoms with van der Waals surface area (Å²) in [4.78, 5) is 4.74. The quantitative estimate of drug-likeness (QED) is 0.174. The predicted molar refractivity (Wildman–Crippen MR) is 134 cm³/mol. The van der Waals surface area contributed by atoms with Crippen molar-refractivity contribution in [2.24, 2.45) is 0 Å². The van der Waals surface area contributed by atoms with Crippen LogP contribution in [0.15, 0.2) is 71.2 Å². The van der Waals surface area contributed by atoms with Crippen LogP contribution in [0.1, 0.15) is 25.8 Å². The van der Waals surface area contributed by atoms with E-state index in [1.807, 2.05) is 61.5 Å². The van der Waals surface area contributed by atoms with E-state index in [-0.39, 0.29) is 0 Å². The van der Waals surface area contributed by atoms with Crippen molar-refractivity contribution in [3.05, 3.63) is 76.8 Å². The van der Waals surface area contributed by atoms with Crippen molar-refractivity contribution in [2.75, 3.05) is 5.75 Å². The van der Waals surface area contributed by atoms with Gasteiger partial charge >= 0.3 is 6.80 Å². The molecule has 0 saturated heterocycles. The molecule has 4 nitrogen and oxygen atoms in total. The summed E-state index contributed by atoms with van der Waals surface area (Å²) in [5, 5.41) is 1.94. The Bertz CT molecular complexity index is 1260. The Kier molecular flexibility index (Phi) is 6.90. The molecule has 0 aliphatic carbocycles. The Labute approximate surface area is 194 Å². The minimum atomic E-state index is -3.47. The van der Waals surface area contributed by atoms with E-state index in [1.165, 1.54) is 16.9 Å². The Morgan fingerprint density at radius 3 is 2.42 bits per heavy atom. The first-order valence-electron chi connectivity index (χ1n) is 10.2. The van der Waals surface area contributed by atoms with E-state index in [9.17, 15) is 4.57 Å². The van der Waals surface area contributed by atoms with Gasteiger partial charge in [0.25, 0.3) is 0 Å². The van der Waals surface area contributed by atoms with E-state index in [4.69, 9.17) is 14.0 Å². The second-order valence-corrected chi connectivity index (χ2v) is 12.0. The van der Waals surface area contributed by atoms with Crippen molar-refractivity contribution < 1.29 is 13.6 Å². The van der Waals surface area contributed by atoms with Gasteiger partial charge in [-0.15, -0.1) is 0 Å². The second kappa shape index (κ2) is 9.64. The van der Waals surface area contributed by atoms with Crippen LogP contribution in [0, 0.1) is 0 Å². The maximum Gasteiger partial charge on any atom is 0.492 e. The molecule has 0 amide bonds. The molecule has 1 unspecified atom stereocenters. The summed E-state index contributed by atoms with van der Waals surface area (Å²) in [7, 11) is 0. The molecule has 4 rings (SSSR count). The van der Waals surface area contributed by atoms with E-state index >= 15 is 0 Å². The maximum absolute atomic E-state index is 13.6. The summed E-state index contributed by atoms with van der Waals surface area (Å²) in [6.45, 7) is 0.659. The van der Waals surface area contributed by atoms with Crippen LogP contribution < -0.4 is 9.05 Å². The monoisotopic (exact) mass is 515 g/mol. The first-order valence-corrected chi connectivity index (χ1v) is 14.1. The highest BCUT2D eigenvalue weighted by Gasteiger charge is 2.29. The summed E-state index contributed by atoms with van der Waals surface area (Å²) in [6.07, 6.45) is 1.81. The number of nitrogens with zero attached hydrogens (tertiary/aromatic N) is 1. The molecular formula is C24H23BrNO3PS.